The van der Waals surface area contributed by atoms with Crippen LogP contribution in [0.5, 0.6) is 0 Å². The summed E-state index contributed by atoms with van der Waals surface area (Å²) in [5.41, 5.74) is 1.30. The molecular weight excluding hydrogens is 264 g/mol. The molecule has 2 amide bonds. The van der Waals surface area contributed by atoms with Crippen molar-refractivity contribution in [2.45, 2.75) is 63.8 Å². The van der Waals surface area contributed by atoms with Crippen molar-refractivity contribution in [2.24, 2.45) is 5.92 Å². The molecule has 1 N–H and O–H groups in total. The number of nitrogens with zero attached hydrogens (tertiary/aromatic N) is 1. The number of amides is 2. The molecule has 4 heteroatoms. The van der Waals surface area contributed by atoms with Crippen LogP contribution in [0.15, 0.2) is 11.6 Å². The lowest BCUT2D eigenvalue weighted by Gasteiger charge is -2.31. The molecule has 0 bridgehead atoms. The first-order valence-electron chi connectivity index (χ1n) is 8.51. The van der Waals surface area contributed by atoms with Crippen molar-refractivity contribution in [1.82, 2.24) is 10.2 Å². The van der Waals surface area contributed by atoms with Gasteiger partial charge in [0.2, 0.25) is 11.8 Å². The quantitative estimate of drug-likeness (QED) is 0.811. The van der Waals surface area contributed by atoms with E-state index in [9.17, 15) is 9.59 Å². The predicted octanol–water partition coefficient (Wildman–Crippen LogP) is 2.39. The van der Waals surface area contributed by atoms with Crippen molar-refractivity contribution >= 4 is 11.8 Å². The number of hydrogen-bond donors (Lipinski definition) is 1. The van der Waals surface area contributed by atoms with Gasteiger partial charge in [0.1, 0.15) is 0 Å². The van der Waals surface area contributed by atoms with E-state index in [4.69, 9.17) is 0 Å². The molecule has 0 aromatic heterocycles. The third kappa shape index (κ3) is 4.08. The van der Waals surface area contributed by atoms with Crippen LogP contribution in [0.1, 0.15) is 57.8 Å². The first-order chi connectivity index (χ1) is 10.2. The Bertz CT molecular complexity index is 432. The fraction of sp³-hybridized carbons (Fsp3) is 0.765. The Morgan fingerprint density at radius 3 is 2.52 bits per heavy atom. The maximum absolute atomic E-state index is 12.4. The number of hydrogen-bond acceptors (Lipinski definition) is 2. The van der Waals surface area contributed by atoms with Crippen LogP contribution in [0.4, 0.5) is 0 Å². The van der Waals surface area contributed by atoms with Gasteiger partial charge < -0.3 is 10.2 Å². The van der Waals surface area contributed by atoms with Crippen LogP contribution in [0.25, 0.3) is 0 Å². The molecule has 4 nitrogen and oxygen atoms in total. The van der Waals surface area contributed by atoms with Gasteiger partial charge in [-0.05, 0) is 51.4 Å². The molecule has 2 aliphatic carbocycles. The van der Waals surface area contributed by atoms with Gasteiger partial charge >= 0.3 is 0 Å². The van der Waals surface area contributed by atoms with Crippen LogP contribution in [0, 0.1) is 5.92 Å². The second-order valence-corrected chi connectivity index (χ2v) is 6.77. The van der Waals surface area contributed by atoms with Crippen molar-refractivity contribution < 1.29 is 9.59 Å². The van der Waals surface area contributed by atoms with Gasteiger partial charge in [0, 0.05) is 25.2 Å². The average molecular weight is 290 g/mol. The summed E-state index contributed by atoms with van der Waals surface area (Å²) in [6, 6.07) is 0.410. The maximum Gasteiger partial charge on any atom is 0.246 e. The third-order valence-electron chi connectivity index (χ3n) is 4.85. The highest BCUT2D eigenvalue weighted by Gasteiger charge is 2.31. The van der Waals surface area contributed by atoms with E-state index in [1.54, 1.807) is 0 Å². The number of allylic oxidation sites excluding steroid dienone is 1. The van der Waals surface area contributed by atoms with E-state index in [2.05, 4.69) is 5.32 Å². The largest absolute Gasteiger partial charge is 0.353 e. The van der Waals surface area contributed by atoms with Crippen LogP contribution in [-0.2, 0) is 9.59 Å². The van der Waals surface area contributed by atoms with Crippen molar-refractivity contribution in [3.8, 4) is 0 Å². The molecule has 3 rings (SSSR count). The van der Waals surface area contributed by atoms with Gasteiger partial charge in [-0.1, -0.05) is 12.0 Å². The lowest BCUT2D eigenvalue weighted by Crippen LogP contribution is -2.45. The molecule has 2 saturated carbocycles. The van der Waals surface area contributed by atoms with Gasteiger partial charge in [-0.3, -0.25) is 9.59 Å². The molecule has 3 aliphatic rings. The smallest absolute Gasteiger partial charge is 0.246 e. The van der Waals surface area contributed by atoms with E-state index < -0.39 is 0 Å². The number of carbonyl (C=O) groups excluding carboxylic acids is 2. The summed E-state index contributed by atoms with van der Waals surface area (Å²) in [4.78, 5) is 26.4. The minimum Gasteiger partial charge on any atom is -0.353 e. The first kappa shape index (κ1) is 14.6. The fourth-order valence-corrected chi connectivity index (χ4v) is 3.35. The standard InChI is InChI=1S/C17H26N2O2/c20-16(11-13-5-2-1-3-6-13)19-10-4-7-14(12-19)17(21)18-15-8-9-15/h11,14-15H,1-10,12H2,(H,18,21)/t14-/m0/s1. The van der Waals surface area contributed by atoms with Crippen molar-refractivity contribution in [2.75, 3.05) is 13.1 Å². The van der Waals surface area contributed by atoms with Gasteiger partial charge in [0.15, 0.2) is 0 Å². The van der Waals surface area contributed by atoms with Gasteiger partial charge in [0.05, 0.1) is 5.92 Å². The second kappa shape index (κ2) is 6.63. The lowest BCUT2D eigenvalue weighted by atomic mass is 9.93. The Kier molecular flexibility index (Phi) is 4.61. The molecule has 0 unspecified atom stereocenters. The molecule has 1 aliphatic heterocycles. The Morgan fingerprint density at radius 1 is 1.05 bits per heavy atom. The molecule has 3 fully saturated rings. The third-order valence-corrected chi connectivity index (χ3v) is 4.85. The summed E-state index contributed by atoms with van der Waals surface area (Å²) < 4.78 is 0. The van der Waals surface area contributed by atoms with E-state index >= 15 is 0 Å². The lowest BCUT2D eigenvalue weighted by molar-refractivity contribution is -0.132. The maximum atomic E-state index is 12.4. The summed E-state index contributed by atoms with van der Waals surface area (Å²) in [5.74, 6) is 0.268. The molecule has 0 radical (unpaired) electrons. The molecule has 0 spiro atoms. The highest BCUT2D eigenvalue weighted by Crippen LogP contribution is 2.25. The van der Waals surface area contributed by atoms with E-state index in [-0.39, 0.29) is 17.7 Å². The van der Waals surface area contributed by atoms with E-state index in [1.165, 1.54) is 24.8 Å². The van der Waals surface area contributed by atoms with Crippen LogP contribution in [0.3, 0.4) is 0 Å². The topological polar surface area (TPSA) is 49.4 Å². The molecule has 1 heterocycles. The molecular formula is C17H26N2O2. The molecule has 21 heavy (non-hydrogen) atoms. The van der Waals surface area contributed by atoms with Gasteiger partial charge in [0.25, 0.3) is 0 Å². The van der Waals surface area contributed by atoms with Crippen LogP contribution >= 0.6 is 0 Å². The Labute approximate surface area is 127 Å². The first-order valence-corrected chi connectivity index (χ1v) is 8.51. The zero-order valence-electron chi connectivity index (χ0n) is 12.8. The molecule has 1 saturated heterocycles. The summed E-state index contributed by atoms with van der Waals surface area (Å²) in [6.07, 6.45) is 11.8. The SMILES string of the molecule is O=C(NC1CC1)[C@H]1CCCN(C(=O)C=C2CCCCC2)C1. The van der Waals surface area contributed by atoms with Crippen LogP contribution in [0.2, 0.25) is 0 Å². The molecule has 1 atom stereocenters. The predicted molar refractivity (Wildman–Crippen MR) is 81.6 cm³/mol. The molecule has 0 aromatic rings. The monoisotopic (exact) mass is 290 g/mol. The summed E-state index contributed by atoms with van der Waals surface area (Å²) >= 11 is 0. The Balaban J connectivity index is 1.54. The second-order valence-electron chi connectivity index (χ2n) is 6.77. The van der Waals surface area contributed by atoms with E-state index in [0.717, 1.165) is 45.1 Å². The Hall–Kier alpha value is -1.32. The highest BCUT2D eigenvalue weighted by molar-refractivity contribution is 5.89. The number of nitrogens with one attached hydrogen (secondary N) is 1. The fourth-order valence-electron chi connectivity index (χ4n) is 3.35. The number of carbonyl (C=O) groups is 2. The normalized spacial score (nSPS) is 26.4. The van der Waals surface area contributed by atoms with E-state index in [0.29, 0.717) is 12.6 Å². The summed E-state index contributed by atoms with van der Waals surface area (Å²) in [7, 11) is 0. The summed E-state index contributed by atoms with van der Waals surface area (Å²) in [6.45, 7) is 1.40. The average Bonchev–Trinajstić information content (AvgIpc) is 3.32. The van der Waals surface area contributed by atoms with Gasteiger partial charge in [-0.25, -0.2) is 0 Å². The minimum absolute atomic E-state index is 0.00643. The van der Waals surface area contributed by atoms with E-state index in [1.807, 2.05) is 11.0 Å². The van der Waals surface area contributed by atoms with Crippen molar-refractivity contribution in [1.29, 1.82) is 0 Å². The zero-order chi connectivity index (χ0) is 14.7. The zero-order valence-corrected chi connectivity index (χ0v) is 12.8. The number of likely N-dealkylation sites (tertiary alicyclic amines) is 1. The molecule has 0 aromatic carbocycles. The van der Waals surface area contributed by atoms with Crippen LogP contribution in [-0.4, -0.2) is 35.8 Å². The van der Waals surface area contributed by atoms with Gasteiger partial charge in [-0.15, -0.1) is 0 Å². The minimum atomic E-state index is -0.00643. The van der Waals surface area contributed by atoms with Crippen LogP contribution < -0.4 is 5.32 Å². The number of rotatable bonds is 3. The molecule has 116 valence electrons. The Morgan fingerprint density at radius 2 is 1.81 bits per heavy atom. The van der Waals surface area contributed by atoms with Gasteiger partial charge in [-0.2, -0.15) is 0 Å². The van der Waals surface area contributed by atoms with Crippen molar-refractivity contribution in [3.05, 3.63) is 11.6 Å². The highest BCUT2D eigenvalue weighted by atomic mass is 16.2. The van der Waals surface area contributed by atoms with Crippen molar-refractivity contribution in [3.63, 3.8) is 0 Å². The summed E-state index contributed by atoms with van der Waals surface area (Å²) in [5, 5.41) is 3.07. The number of piperidine rings is 1.